The third-order valence-electron chi connectivity index (χ3n) is 3.43. The molecule has 0 spiro atoms. The second-order valence-corrected chi connectivity index (χ2v) is 5.86. The predicted molar refractivity (Wildman–Crippen MR) is 75.4 cm³/mol. The van der Waals surface area contributed by atoms with Crippen molar-refractivity contribution in [3.05, 3.63) is 34.9 Å². The van der Waals surface area contributed by atoms with Crippen molar-refractivity contribution in [3.8, 4) is 0 Å². The van der Waals surface area contributed by atoms with Gasteiger partial charge in [0.1, 0.15) is 0 Å². The van der Waals surface area contributed by atoms with Gasteiger partial charge in [-0.3, -0.25) is 4.79 Å². The number of carboxylic acids is 1. The van der Waals surface area contributed by atoms with Crippen LogP contribution in [0, 0.1) is 11.3 Å². The summed E-state index contributed by atoms with van der Waals surface area (Å²) in [6, 6.07) is 7.43. The van der Waals surface area contributed by atoms with Crippen molar-refractivity contribution in [1.82, 2.24) is 0 Å². The minimum atomic E-state index is -1.36. The molecule has 0 aromatic heterocycles. The second kappa shape index (κ2) is 6.20. The van der Waals surface area contributed by atoms with Crippen LogP contribution in [0.1, 0.15) is 32.8 Å². The van der Waals surface area contributed by atoms with Gasteiger partial charge in [0.05, 0.1) is 0 Å². The summed E-state index contributed by atoms with van der Waals surface area (Å²) in [6.45, 7) is 5.68. The topological polar surface area (TPSA) is 54.4 Å². The molecule has 0 aliphatic rings. The van der Waals surface area contributed by atoms with Crippen LogP contribution in [0.2, 0.25) is 5.02 Å². The van der Waals surface area contributed by atoms with E-state index in [1.54, 1.807) is 6.07 Å². The number of hydrogen-bond donors (Lipinski definition) is 1. The third-order valence-corrected chi connectivity index (χ3v) is 3.66. The standard InChI is InChI=1S/C15H19ClO3/c1-4-12(13(17)14(18)19)15(2,3)9-10-6-5-7-11(16)8-10/h5-8,12H,4,9H2,1-3H3,(H,18,19). The summed E-state index contributed by atoms with van der Waals surface area (Å²) < 4.78 is 0. The van der Waals surface area contributed by atoms with E-state index in [1.165, 1.54) is 0 Å². The molecule has 0 saturated carbocycles. The molecule has 19 heavy (non-hydrogen) atoms. The molecule has 1 aromatic rings. The molecule has 3 nitrogen and oxygen atoms in total. The molecule has 1 aromatic carbocycles. The van der Waals surface area contributed by atoms with Crippen molar-refractivity contribution >= 4 is 23.4 Å². The minimum absolute atomic E-state index is 0.422. The molecular formula is C15H19ClO3. The molecule has 0 radical (unpaired) electrons. The van der Waals surface area contributed by atoms with E-state index >= 15 is 0 Å². The number of carbonyl (C=O) groups excluding carboxylic acids is 1. The zero-order valence-corrected chi connectivity index (χ0v) is 12.2. The molecule has 104 valence electrons. The minimum Gasteiger partial charge on any atom is -0.475 e. The Morgan fingerprint density at radius 1 is 1.37 bits per heavy atom. The van der Waals surface area contributed by atoms with Crippen molar-refractivity contribution in [2.75, 3.05) is 0 Å². The summed E-state index contributed by atoms with van der Waals surface area (Å²) in [5.74, 6) is -2.57. The number of ketones is 1. The first-order chi connectivity index (χ1) is 8.77. The van der Waals surface area contributed by atoms with Crippen LogP contribution < -0.4 is 0 Å². The molecular weight excluding hydrogens is 264 g/mol. The molecule has 0 aliphatic carbocycles. The van der Waals surface area contributed by atoms with E-state index in [0.29, 0.717) is 17.9 Å². The van der Waals surface area contributed by atoms with Crippen molar-refractivity contribution in [2.24, 2.45) is 11.3 Å². The van der Waals surface area contributed by atoms with E-state index in [-0.39, 0.29) is 0 Å². The van der Waals surface area contributed by atoms with E-state index < -0.39 is 23.1 Å². The average Bonchev–Trinajstić information content (AvgIpc) is 2.28. The maximum absolute atomic E-state index is 11.8. The van der Waals surface area contributed by atoms with Crippen molar-refractivity contribution in [1.29, 1.82) is 0 Å². The molecule has 0 aliphatic heterocycles. The average molecular weight is 283 g/mol. The van der Waals surface area contributed by atoms with Crippen LogP contribution in [0.3, 0.4) is 0 Å². The number of rotatable bonds is 6. The number of benzene rings is 1. The molecule has 0 fully saturated rings. The van der Waals surface area contributed by atoms with Gasteiger partial charge in [-0.25, -0.2) is 4.79 Å². The number of carbonyl (C=O) groups is 2. The number of aliphatic carboxylic acids is 1. The smallest absolute Gasteiger partial charge is 0.372 e. The molecule has 1 N–H and O–H groups in total. The second-order valence-electron chi connectivity index (χ2n) is 5.43. The van der Waals surface area contributed by atoms with E-state index in [4.69, 9.17) is 16.7 Å². The largest absolute Gasteiger partial charge is 0.475 e. The lowest BCUT2D eigenvalue weighted by Gasteiger charge is -2.32. The Morgan fingerprint density at radius 2 is 2.00 bits per heavy atom. The Kier molecular flexibility index (Phi) is 5.12. The van der Waals surface area contributed by atoms with Crippen LogP contribution in [0.5, 0.6) is 0 Å². The summed E-state index contributed by atoms with van der Waals surface area (Å²) in [7, 11) is 0. The summed E-state index contributed by atoms with van der Waals surface area (Å²) in [5, 5.41) is 9.53. The number of hydrogen-bond acceptors (Lipinski definition) is 2. The third kappa shape index (κ3) is 4.06. The molecule has 0 saturated heterocycles. The van der Waals surface area contributed by atoms with Crippen molar-refractivity contribution in [3.63, 3.8) is 0 Å². The lowest BCUT2D eigenvalue weighted by Crippen LogP contribution is -2.36. The fraction of sp³-hybridized carbons (Fsp3) is 0.467. The highest BCUT2D eigenvalue weighted by atomic mass is 35.5. The summed E-state index contributed by atoms with van der Waals surface area (Å²) in [6.07, 6.45) is 1.13. The summed E-state index contributed by atoms with van der Waals surface area (Å²) in [5.41, 5.74) is 0.587. The van der Waals surface area contributed by atoms with Crippen LogP contribution in [0.15, 0.2) is 24.3 Å². The van der Waals surface area contributed by atoms with Crippen LogP contribution in [0.4, 0.5) is 0 Å². The highest BCUT2D eigenvalue weighted by Crippen LogP contribution is 2.34. The molecule has 4 heteroatoms. The lowest BCUT2D eigenvalue weighted by atomic mass is 9.71. The van der Waals surface area contributed by atoms with E-state index in [1.807, 2.05) is 39.0 Å². The number of Topliss-reactive ketones (excluding diaryl/α,β-unsaturated/α-hetero) is 1. The van der Waals surface area contributed by atoms with E-state index in [2.05, 4.69) is 0 Å². The van der Waals surface area contributed by atoms with Gasteiger partial charge in [-0.15, -0.1) is 0 Å². The first kappa shape index (κ1) is 15.7. The van der Waals surface area contributed by atoms with Gasteiger partial charge in [0, 0.05) is 10.9 Å². The van der Waals surface area contributed by atoms with Gasteiger partial charge in [-0.1, -0.05) is 44.5 Å². The first-order valence-corrected chi connectivity index (χ1v) is 6.67. The van der Waals surface area contributed by atoms with E-state index in [9.17, 15) is 9.59 Å². The van der Waals surface area contributed by atoms with Gasteiger partial charge in [-0.2, -0.15) is 0 Å². The van der Waals surface area contributed by atoms with Gasteiger partial charge in [-0.05, 0) is 36.0 Å². The number of carboxylic acid groups (broad SMARTS) is 1. The van der Waals surface area contributed by atoms with Crippen molar-refractivity contribution in [2.45, 2.75) is 33.6 Å². The van der Waals surface area contributed by atoms with Gasteiger partial charge in [0.15, 0.2) is 0 Å². The maximum Gasteiger partial charge on any atom is 0.372 e. The Labute approximate surface area is 118 Å². The summed E-state index contributed by atoms with van der Waals surface area (Å²) >= 11 is 5.94. The molecule has 0 amide bonds. The van der Waals surface area contributed by atoms with Crippen molar-refractivity contribution < 1.29 is 14.7 Å². The normalized spacial score (nSPS) is 13.1. The molecule has 0 bridgehead atoms. The van der Waals surface area contributed by atoms with Crippen LogP contribution in [0.25, 0.3) is 0 Å². The lowest BCUT2D eigenvalue weighted by molar-refractivity contribution is -0.153. The van der Waals surface area contributed by atoms with Crippen LogP contribution >= 0.6 is 11.6 Å². The highest BCUT2D eigenvalue weighted by molar-refractivity contribution is 6.33. The maximum atomic E-state index is 11.8. The Bertz CT molecular complexity index is 480. The fourth-order valence-electron chi connectivity index (χ4n) is 2.54. The SMILES string of the molecule is CCC(C(=O)C(=O)O)C(C)(C)Cc1cccc(Cl)c1. The molecule has 1 unspecified atom stereocenters. The quantitative estimate of drug-likeness (QED) is 0.811. The first-order valence-electron chi connectivity index (χ1n) is 6.29. The molecule has 0 heterocycles. The highest BCUT2D eigenvalue weighted by Gasteiger charge is 2.36. The summed E-state index contributed by atoms with van der Waals surface area (Å²) in [4.78, 5) is 22.6. The van der Waals surface area contributed by atoms with Gasteiger partial charge < -0.3 is 5.11 Å². The Balaban J connectivity index is 2.95. The Hall–Kier alpha value is -1.35. The number of halogens is 1. The molecule has 1 rings (SSSR count). The fourth-order valence-corrected chi connectivity index (χ4v) is 2.75. The Morgan fingerprint density at radius 3 is 2.47 bits per heavy atom. The predicted octanol–water partition coefficient (Wildman–Crippen LogP) is 3.59. The van der Waals surface area contributed by atoms with Gasteiger partial charge >= 0.3 is 5.97 Å². The van der Waals surface area contributed by atoms with Crippen LogP contribution in [-0.4, -0.2) is 16.9 Å². The monoisotopic (exact) mass is 282 g/mol. The zero-order chi connectivity index (χ0) is 14.6. The molecule has 1 atom stereocenters. The van der Waals surface area contributed by atoms with Gasteiger partial charge in [0.25, 0.3) is 0 Å². The van der Waals surface area contributed by atoms with Crippen LogP contribution in [-0.2, 0) is 16.0 Å². The van der Waals surface area contributed by atoms with Gasteiger partial charge in [0.2, 0.25) is 5.78 Å². The zero-order valence-electron chi connectivity index (χ0n) is 11.4. The van der Waals surface area contributed by atoms with E-state index in [0.717, 1.165) is 5.56 Å².